The van der Waals surface area contributed by atoms with Crippen molar-refractivity contribution >= 4 is 40.7 Å². The van der Waals surface area contributed by atoms with Crippen LogP contribution in [0.25, 0.3) is 11.3 Å². The number of hydrogen-bond acceptors (Lipinski definition) is 7. The molecule has 1 saturated heterocycles. The van der Waals surface area contributed by atoms with E-state index in [2.05, 4.69) is 20.4 Å². The van der Waals surface area contributed by atoms with Gasteiger partial charge in [0.25, 0.3) is 0 Å². The van der Waals surface area contributed by atoms with Crippen LogP contribution in [0.4, 0.5) is 16.3 Å². The van der Waals surface area contributed by atoms with Gasteiger partial charge in [-0.1, -0.05) is 23.2 Å². The number of halogens is 2. The van der Waals surface area contributed by atoms with E-state index in [1.165, 1.54) is 0 Å². The summed E-state index contributed by atoms with van der Waals surface area (Å²) >= 11 is 12.1. The molecule has 2 aromatic carbocycles. The van der Waals surface area contributed by atoms with Crippen LogP contribution in [-0.2, 0) is 0 Å². The van der Waals surface area contributed by atoms with E-state index in [1.807, 2.05) is 24.3 Å². The summed E-state index contributed by atoms with van der Waals surface area (Å²) < 4.78 is 16.2. The zero-order valence-electron chi connectivity index (χ0n) is 19.5. The first kappa shape index (κ1) is 24.7. The second-order valence-corrected chi connectivity index (χ2v) is 8.56. The Morgan fingerprint density at radius 2 is 1.57 bits per heavy atom. The number of hydrogen-bond donors (Lipinski definition) is 1. The molecular weight excluding hydrogens is 493 g/mol. The number of carbonyl (C=O) groups excluding carboxylic acids is 1. The fourth-order valence-electron chi connectivity index (χ4n) is 3.80. The van der Waals surface area contributed by atoms with Gasteiger partial charge in [-0.25, -0.2) is 4.79 Å². The first-order chi connectivity index (χ1) is 16.9. The normalized spacial score (nSPS) is 13.4. The van der Waals surface area contributed by atoms with Gasteiger partial charge < -0.3 is 29.3 Å². The summed E-state index contributed by atoms with van der Waals surface area (Å²) in [5.74, 6) is 2.34. The number of rotatable bonds is 6. The number of amides is 2. The van der Waals surface area contributed by atoms with Gasteiger partial charge in [0.2, 0.25) is 5.75 Å². The Hall–Kier alpha value is -3.43. The molecule has 0 bridgehead atoms. The standard InChI is InChI=1S/C24H25Cl2N5O4/c1-33-20-12-15(13-21(34-2)23(20)35-3)18-6-7-22(29-28-18)30-8-10-31(11-9-30)24(32)27-19-5-4-16(25)14-17(19)26/h4-7,12-14H,8-11H2,1-3H3,(H,27,32). The van der Waals surface area contributed by atoms with Gasteiger partial charge in [0, 0.05) is 36.8 Å². The lowest BCUT2D eigenvalue weighted by atomic mass is 10.1. The monoisotopic (exact) mass is 517 g/mol. The van der Waals surface area contributed by atoms with Crippen molar-refractivity contribution in [1.82, 2.24) is 15.1 Å². The minimum Gasteiger partial charge on any atom is -0.493 e. The zero-order valence-corrected chi connectivity index (χ0v) is 21.1. The quantitative estimate of drug-likeness (QED) is 0.500. The van der Waals surface area contributed by atoms with Crippen LogP contribution in [0.15, 0.2) is 42.5 Å². The molecule has 3 aromatic rings. The summed E-state index contributed by atoms with van der Waals surface area (Å²) in [6.45, 7) is 2.32. The maximum Gasteiger partial charge on any atom is 0.322 e. The lowest BCUT2D eigenvalue weighted by molar-refractivity contribution is 0.208. The van der Waals surface area contributed by atoms with Crippen molar-refractivity contribution in [2.45, 2.75) is 0 Å². The topological polar surface area (TPSA) is 89.1 Å². The van der Waals surface area contributed by atoms with Gasteiger partial charge in [-0.3, -0.25) is 0 Å². The molecule has 0 spiro atoms. The van der Waals surface area contributed by atoms with Crippen LogP contribution < -0.4 is 24.4 Å². The maximum atomic E-state index is 12.6. The van der Waals surface area contributed by atoms with E-state index in [0.29, 0.717) is 64.9 Å². The highest BCUT2D eigenvalue weighted by atomic mass is 35.5. The number of anilines is 2. The van der Waals surface area contributed by atoms with Crippen molar-refractivity contribution in [2.75, 3.05) is 57.7 Å². The van der Waals surface area contributed by atoms with Gasteiger partial charge in [-0.05, 0) is 42.5 Å². The molecule has 0 aliphatic carbocycles. The molecule has 2 amide bonds. The first-order valence-corrected chi connectivity index (χ1v) is 11.6. The molecule has 184 valence electrons. The van der Waals surface area contributed by atoms with Crippen LogP contribution in [0.1, 0.15) is 0 Å². The molecule has 1 aromatic heterocycles. The van der Waals surface area contributed by atoms with E-state index in [-0.39, 0.29) is 6.03 Å². The highest BCUT2D eigenvalue weighted by Crippen LogP contribution is 2.40. The van der Waals surface area contributed by atoms with Crippen molar-refractivity contribution < 1.29 is 19.0 Å². The fourth-order valence-corrected chi connectivity index (χ4v) is 4.26. The molecule has 0 unspecified atom stereocenters. The molecule has 35 heavy (non-hydrogen) atoms. The number of carbonyl (C=O) groups is 1. The van der Waals surface area contributed by atoms with Gasteiger partial charge in [0.05, 0.1) is 37.7 Å². The van der Waals surface area contributed by atoms with Gasteiger partial charge in [-0.15, -0.1) is 10.2 Å². The Kier molecular flexibility index (Phi) is 7.67. The van der Waals surface area contributed by atoms with Gasteiger partial charge >= 0.3 is 6.03 Å². The van der Waals surface area contributed by atoms with E-state index in [9.17, 15) is 4.79 Å². The second kappa shape index (κ2) is 10.9. The number of ether oxygens (including phenoxy) is 3. The van der Waals surface area contributed by atoms with Crippen molar-refractivity contribution in [1.29, 1.82) is 0 Å². The number of aromatic nitrogens is 2. The predicted molar refractivity (Wildman–Crippen MR) is 136 cm³/mol. The summed E-state index contributed by atoms with van der Waals surface area (Å²) in [7, 11) is 4.70. The van der Waals surface area contributed by atoms with E-state index in [4.69, 9.17) is 37.4 Å². The van der Waals surface area contributed by atoms with E-state index in [0.717, 1.165) is 11.4 Å². The van der Waals surface area contributed by atoms with E-state index in [1.54, 1.807) is 44.4 Å². The van der Waals surface area contributed by atoms with Crippen LogP contribution in [0.2, 0.25) is 10.0 Å². The lowest BCUT2D eigenvalue weighted by Crippen LogP contribution is -2.50. The SMILES string of the molecule is COc1cc(-c2ccc(N3CCN(C(=O)Nc4ccc(Cl)cc4Cl)CC3)nn2)cc(OC)c1OC. The molecule has 0 radical (unpaired) electrons. The van der Waals surface area contributed by atoms with Crippen LogP contribution in [0, 0.1) is 0 Å². The highest BCUT2D eigenvalue weighted by Gasteiger charge is 2.23. The third-order valence-electron chi connectivity index (χ3n) is 5.67. The number of nitrogens with zero attached hydrogens (tertiary/aromatic N) is 4. The molecule has 1 aliphatic rings. The highest BCUT2D eigenvalue weighted by molar-refractivity contribution is 6.36. The van der Waals surface area contributed by atoms with Crippen LogP contribution in [0.3, 0.4) is 0 Å². The number of benzene rings is 2. The minimum absolute atomic E-state index is 0.210. The fraction of sp³-hybridized carbons (Fsp3) is 0.292. The average Bonchev–Trinajstić information content (AvgIpc) is 2.89. The third-order valence-corrected chi connectivity index (χ3v) is 6.22. The number of nitrogens with one attached hydrogen (secondary N) is 1. The molecule has 11 heteroatoms. The Balaban J connectivity index is 1.40. The number of piperazine rings is 1. The predicted octanol–water partition coefficient (Wildman–Crippen LogP) is 4.83. The van der Waals surface area contributed by atoms with E-state index >= 15 is 0 Å². The van der Waals surface area contributed by atoms with E-state index < -0.39 is 0 Å². The van der Waals surface area contributed by atoms with Crippen molar-refractivity contribution in [3.63, 3.8) is 0 Å². The first-order valence-electron chi connectivity index (χ1n) is 10.8. The summed E-state index contributed by atoms with van der Waals surface area (Å²) in [6, 6.07) is 12.2. The number of methoxy groups -OCH3 is 3. The smallest absolute Gasteiger partial charge is 0.322 e. The molecule has 1 N–H and O–H groups in total. The number of urea groups is 1. The minimum atomic E-state index is -0.210. The third kappa shape index (κ3) is 5.47. The summed E-state index contributed by atoms with van der Waals surface area (Å²) in [6.07, 6.45) is 0. The zero-order chi connectivity index (χ0) is 24.9. The van der Waals surface area contributed by atoms with Gasteiger partial charge in [0.15, 0.2) is 17.3 Å². The summed E-state index contributed by atoms with van der Waals surface area (Å²) in [5, 5.41) is 12.5. The molecule has 9 nitrogen and oxygen atoms in total. The van der Waals surface area contributed by atoms with Gasteiger partial charge in [-0.2, -0.15) is 0 Å². The molecule has 0 saturated carbocycles. The van der Waals surface area contributed by atoms with Crippen LogP contribution in [-0.4, -0.2) is 68.6 Å². The lowest BCUT2D eigenvalue weighted by Gasteiger charge is -2.35. The maximum absolute atomic E-state index is 12.6. The Morgan fingerprint density at radius 1 is 0.886 bits per heavy atom. The Bertz CT molecular complexity index is 1180. The largest absolute Gasteiger partial charge is 0.493 e. The second-order valence-electron chi connectivity index (χ2n) is 7.72. The average molecular weight is 518 g/mol. The molecule has 0 atom stereocenters. The molecule has 2 heterocycles. The van der Waals surface area contributed by atoms with Crippen molar-refractivity contribution in [3.8, 4) is 28.5 Å². The Labute approximate surface area is 213 Å². The van der Waals surface area contributed by atoms with Crippen LogP contribution >= 0.6 is 23.2 Å². The van der Waals surface area contributed by atoms with Crippen molar-refractivity contribution in [3.05, 3.63) is 52.5 Å². The van der Waals surface area contributed by atoms with Crippen molar-refractivity contribution in [2.24, 2.45) is 0 Å². The summed E-state index contributed by atoms with van der Waals surface area (Å²) in [5.41, 5.74) is 1.99. The Morgan fingerprint density at radius 3 is 2.11 bits per heavy atom. The summed E-state index contributed by atoms with van der Waals surface area (Å²) in [4.78, 5) is 16.5. The molecule has 1 aliphatic heterocycles. The molecule has 1 fully saturated rings. The molecular formula is C24H25Cl2N5O4. The van der Waals surface area contributed by atoms with Gasteiger partial charge in [0.1, 0.15) is 0 Å². The van der Waals surface area contributed by atoms with Crippen LogP contribution in [0.5, 0.6) is 17.2 Å². The molecule has 4 rings (SSSR count).